The van der Waals surface area contributed by atoms with E-state index in [1.54, 1.807) is 7.05 Å². The summed E-state index contributed by atoms with van der Waals surface area (Å²) >= 11 is 0. The van der Waals surface area contributed by atoms with E-state index in [0.717, 1.165) is 50.5 Å². The Kier molecular flexibility index (Phi) is 10.1. The van der Waals surface area contributed by atoms with Gasteiger partial charge in [-0.1, -0.05) is 30.3 Å². The molecule has 2 aromatic carbocycles. The molecule has 7 heteroatoms. The molecule has 1 aliphatic rings. The van der Waals surface area contributed by atoms with E-state index in [1.807, 2.05) is 24.3 Å². The smallest absolute Gasteiger partial charge is 0.251 e. The third kappa shape index (κ3) is 6.85. The summed E-state index contributed by atoms with van der Waals surface area (Å²) in [5.74, 6) is 0.775. The highest BCUT2D eigenvalue weighted by molar-refractivity contribution is 14.0. The fourth-order valence-corrected chi connectivity index (χ4v) is 3.82. The Morgan fingerprint density at radius 2 is 1.97 bits per heavy atom. The first-order valence-electron chi connectivity index (χ1n) is 10.8. The number of aliphatic imine (C=N–C) groups is 1. The van der Waals surface area contributed by atoms with Gasteiger partial charge in [0.2, 0.25) is 0 Å². The quantitative estimate of drug-likeness (QED) is 0.276. The number of carbonyl (C=O) groups is 1. The van der Waals surface area contributed by atoms with Gasteiger partial charge in [-0.15, -0.1) is 24.0 Å². The number of halogens is 1. The highest BCUT2D eigenvalue weighted by Gasteiger charge is 2.22. The van der Waals surface area contributed by atoms with Gasteiger partial charge < -0.3 is 20.9 Å². The standard InChI is InChI=1S/C24H33N5O.HI/c1-4-26-24(27-14-12-19-8-7-10-21(16-19)23(30)25-3)28-17-18(2)29-15-13-20-9-5-6-11-22(20)29;/h5-11,16,18H,4,12-15,17H2,1-3H3,(H,25,30)(H2,26,27,28);1H. The van der Waals surface area contributed by atoms with Crippen LogP contribution in [0, 0.1) is 0 Å². The second-order valence-corrected chi connectivity index (χ2v) is 7.60. The van der Waals surface area contributed by atoms with Crippen molar-refractivity contribution in [3.63, 3.8) is 0 Å². The van der Waals surface area contributed by atoms with Crippen molar-refractivity contribution in [1.82, 2.24) is 16.0 Å². The number of para-hydroxylation sites is 1. The molecule has 0 aromatic heterocycles. The lowest BCUT2D eigenvalue weighted by Crippen LogP contribution is -2.40. The van der Waals surface area contributed by atoms with Crippen LogP contribution in [0.1, 0.15) is 35.3 Å². The summed E-state index contributed by atoms with van der Waals surface area (Å²) in [6, 6.07) is 16.7. The van der Waals surface area contributed by atoms with Crippen LogP contribution in [0.5, 0.6) is 0 Å². The molecular weight excluding hydrogens is 501 g/mol. The summed E-state index contributed by atoms with van der Waals surface area (Å²) in [7, 11) is 1.65. The highest BCUT2D eigenvalue weighted by Crippen LogP contribution is 2.29. The van der Waals surface area contributed by atoms with Crippen LogP contribution in [-0.2, 0) is 12.8 Å². The average Bonchev–Trinajstić information content (AvgIpc) is 3.21. The van der Waals surface area contributed by atoms with E-state index in [2.05, 4.69) is 59.0 Å². The SMILES string of the molecule is CCNC(=NCC(C)N1CCc2ccccc21)NCCc1cccc(C(=O)NC)c1.I. The summed E-state index contributed by atoms with van der Waals surface area (Å²) in [5.41, 5.74) is 4.59. The minimum Gasteiger partial charge on any atom is -0.366 e. The van der Waals surface area contributed by atoms with Gasteiger partial charge in [-0.2, -0.15) is 0 Å². The number of guanidine groups is 1. The molecule has 3 rings (SSSR count). The van der Waals surface area contributed by atoms with E-state index >= 15 is 0 Å². The molecule has 0 bridgehead atoms. The molecule has 0 fully saturated rings. The van der Waals surface area contributed by atoms with Crippen LogP contribution in [-0.4, -0.2) is 51.1 Å². The number of hydrogen-bond donors (Lipinski definition) is 3. The lowest BCUT2D eigenvalue weighted by Gasteiger charge is -2.26. The second-order valence-electron chi connectivity index (χ2n) is 7.60. The number of rotatable bonds is 8. The predicted molar refractivity (Wildman–Crippen MR) is 140 cm³/mol. The number of nitrogens with zero attached hydrogens (tertiary/aromatic N) is 2. The number of benzene rings is 2. The van der Waals surface area contributed by atoms with E-state index in [9.17, 15) is 4.79 Å². The minimum atomic E-state index is -0.0582. The molecule has 31 heavy (non-hydrogen) atoms. The molecule has 1 atom stereocenters. The fourth-order valence-electron chi connectivity index (χ4n) is 3.82. The summed E-state index contributed by atoms with van der Waals surface area (Å²) in [6.45, 7) is 7.67. The van der Waals surface area contributed by atoms with Gasteiger partial charge in [-0.3, -0.25) is 9.79 Å². The Balaban J connectivity index is 0.00000341. The van der Waals surface area contributed by atoms with Gasteiger partial charge in [-0.05, 0) is 56.0 Å². The van der Waals surface area contributed by atoms with Crippen LogP contribution in [0.3, 0.4) is 0 Å². The van der Waals surface area contributed by atoms with E-state index in [0.29, 0.717) is 11.6 Å². The number of hydrogen-bond acceptors (Lipinski definition) is 3. The van der Waals surface area contributed by atoms with Gasteiger partial charge in [0.25, 0.3) is 5.91 Å². The number of nitrogens with one attached hydrogen (secondary N) is 3. The van der Waals surface area contributed by atoms with Crippen molar-refractivity contribution in [1.29, 1.82) is 0 Å². The molecule has 168 valence electrons. The Hall–Kier alpha value is -2.29. The van der Waals surface area contributed by atoms with Crippen molar-refractivity contribution < 1.29 is 4.79 Å². The second kappa shape index (κ2) is 12.5. The van der Waals surface area contributed by atoms with Gasteiger partial charge in [0, 0.05) is 44.0 Å². The monoisotopic (exact) mass is 535 g/mol. The lowest BCUT2D eigenvalue weighted by atomic mass is 10.1. The number of amides is 1. The molecule has 2 aromatic rings. The maximum absolute atomic E-state index is 11.8. The third-order valence-corrected chi connectivity index (χ3v) is 5.44. The first-order chi connectivity index (χ1) is 14.6. The molecule has 3 N–H and O–H groups in total. The van der Waals surface area contributed by atoms with Crippen LogP contribution in [0.2, 0.25) is 0 Å². The van der Waals surface area contributed by atoms with Crippen molar-refractivity contribution in [3.05, 3.63) is 65.2 Å². The lowest BCUT2D eigenvalue weighted by molar-refractivity contribution is 0.0963. The van der Waals surface area contributed by atoms with Crippen molar-refractivity contribution in [2.45, 2.75) is 32.7 Å². The fraction of sp³-hybridized carbons (Fsp3) is 0.417. The Morgan fingerprint density at radius 3 is 2.74 bits per heavy atom. The summed E-state index contributed by atoms with van der Waals surface area (Å²) in [5, 5.41) is 9.41. The van der Waals surface area contributed by atoms with Crippen molar-refractivity contribution in [2.75, 3.05) is 38.1 Å². The molecule has 6 nitrogen and oxygen atoms in total. The normalized spacial score (nSPS) is 13.8. The van der Waals surface area contributed by atoms with Crippen LogP contribution in [0.4, 0.5) is 5.69 Å². The molecule has 0 aliphatic carbocycles. The van der Waals surface area contributed by atoms with Gasteiger partial charge in [0.05, 0.1) is 6.54 Å². The van der Waals surface area contributed by atoms with E-state index in [1.165, 1.54) is 11.3 Å². The molecular formula is C24H34IN5O. The Morgan fingerprint density at radius 1 is 1.16 bits per heavy atom. The molecule has 1 unspecified atom stereocenters. The van der Waals surface area contributed by atoms with Crippen LogP contribution >= 0.6 is 24.0 Å². The Labute approximate surface area is 202 Å². The van der Waals surface area contributed by atoms with Crippen LogP contribution in [0.15, 0.2) is 53.5 Å². The van der Waals surface area contributed by atoms with Gasteiger partial charge >= 0.3 is 0 Å². The summed E-state index contributed by atoms with van der Waals surface area (Å²) in [6.07, 6.45) is 1.93. The minimum absolute atomic E-state index is 0. The molecule has 0 radical (unpaired) electrons. The zero-order valence-electron chi connectivity index (χ0n) is 18.6. The molecule has 0 saturated carbocycles. The molecule has 1 amide bonds. The van der Waals surface area contributed by atoms with Gasteiger partial charge in [0.15, 0.2) is 5.96 Å². The number of carbonyl (C=O) groups excluding carboxylic acids is 1. The maximum Gasteiger partial charge on any atom is 0.251 e. The molecule has 0 saturated heterocycles. The summed E-state index contributed by atoms with van der Waals surface area (Å²) < 4.78 is 0. The van der Waals surface area contributed by atoms with E-state index in [-0.39, 0.29) is 29.9 Å². The molecule has 0 spiro atoms. The van der Waals surface area contributed by atoms with Crippen molar-refractivity contribution in [3.8, 4) is 0 Å². The molecule has 1 aliphatic heterocycles. The first kappa shape index (κ1) is 25.0. The number of anilines is 1. The highest BCUT2D eigenvalue weighted by atomic mass is 127. The maximum atomic E-state index is 11.8. The average molecular weight is 535 g/mol. The van der Waals surface area contributed by atoms with E-state index < -0.39 is 0 Å². The van der Waals surface area contributed by atoms with E-state index in [4.69, 9.17) is 4.99 Å². The Bertz CT molecular complexity index is 886. The zero-order valence-corrected chi connectivity index (χ0v) is 21.0. The largest absolute Gasteiger partial charge is 0.366 e. The predicted octanol–water partition coefficient (Wildman–Crippen LogP) is 3.21. The van der Waals surface area contributed by atoms with Crippen molar-refractivity contribution in [2.24, 2.45) is 4.99 Å². The van der Waals surface area contributed by atoms with Gasteiger partial charge in [0.1, 0.15) is 0 Å². The third-order valence-electron chi connectivity index (χ3n) is 5.44. The number of fused-ring (bicyclic) bond motifs is 1. The van der Waals surface area contributed by atoms with Crippen LogP contribution in [0.25, 0.3) is 0 Å². The van der Waals surface area contributed by atoms with Crippen LogP contribution < -0.4 is 20.9 Å². The molecule has 1 heterocycles. The first-order valence-corrected chi connectivity index (χ1v) is 10.8. The van der Waals surface area contributed by atoms with Gasteiger partial charge in [-0.25, -0.2) is 0 Å². The zero-order chi connectivity index (χ0) is 21.3. The topological polar surface area (TPSA) is 68.8 Å². The summed E-state index contributed by atoms with van der Waals surface area (Å²) in [4.78, 5) is 19.1. The van der Waals surface area contributed by atoms with Crippen molar-refractivity contribution >= 4 is 41.5 Å².